The Hall–Kier alpha value is -3.64. The summed E-state index contributed by atoms with van der Waals surface area (Å²) in [5, 5.41) is 5.59. The van der Waals surface area contributed by atoms with Gasteiger partial charge in [0.25, 0.3) is 5.56 Å². The molecule has 4 rings (SSSR count). The van der Waals surface area contributed by atoms with Gasteiger partial charge in [-0.15, -0.1) is 0 Å². The molecule has 1 saturated carbocycles. The molecule has 2 amide bonds. The number of aryl methyl sites for hydroxylation is 1. The number of carbonyl (C=O) groups is 2. The standard InChI is InChI=1S/C26H34N6O5S/c1-17-11-22(24(25(35)29-17)30-38(36,37)14-21-7-5-4-6-8-21)26-31(13-23(34)28-12-20-9-10-20)18(2)19(3)32(26)15-27-16-33/h4-8,11,16,18,20,26,30H,3,9-10,12-15H2,1-2H3,(H,27,33)(H,28,34)(H,29,35). The number of amides is 2. The van der Waals surface area contributed by atoms with E-state index in [1.807, 2.05) is 11.8 Å². The Bertz CT molecular complexity index is 1360. The molecule has 2 aromatic rings. The lowest BCUT2D eigenvalue weighted by Crippen LogP contribution is -2.43. The van der Waals surface area contributed by atoms with Crippen molar-refractivity contribution in [1.29, 1.82) is 0 Å². The number of aromatic amines is 1. The van der Waals surface area contributed by atoms with Crippen molar-refractivity contribution in [2.75, 3.05) is 24.5 Å². The average Bonchev–Trinajstić information content (AvgIpc) is 3.66. The predicted molar refractivity (Wildman–Crippen MR) is 144 cm³/mol. The van der Waals surface area contributed by atoms with E-state index in [2.05, 4.69) is 26.9 Å². The van der Waals surface area contributed by atoms with Gasteiger partial charge in [-0.1, -0.05) is 36.9 Å². The number of aromatic nitrogens is 1. The van der Waals surface area contributed by atoms with Crippen LogP contribution in [0.15, 0.2) is 53.5 Å². The number of hydrogen-bond acceptors (Lipinski definition) is 7. The van der Waals surface area contributed by atoms with Gasteiger partial charge < -0.3 is 20.5 Å². The third kappa shape index (κ3) is 6.43. The lowest BCUT2D eigenvalue weighted by atomic mass is 10.1. The van der Waals surface area contributed by atoms with Crippen molar-refractivity contribution >= 4 is 28.0 Å². The minimum Gasteiger partial charge on any atom is -0.355 e. The van der Waals surface area contributed by atoms with Gasteiger partial charge in [-0.05, 0) is 44.2 Å². The first-order chi connectivity index (χ1) is 18.1. The molecule has 11 nitrogen and oxygen atoms in total. The Morgan fingerprint density at radius 1 is 1.24 bits per heavy atom. The Balaban J connectivity index is 1.72. The zero-order valence-electron chi connectivity index (χ0n) is 21.6. The minimum atomic E-state index is -3.97. The Morgan fingerprint density at radius 2 is 1.95 bits per heavy atom. The van der Waals surface area contributed by atoms with E-state index in [9.17, 15) is 22.8 Å². The van der Waals surface area contributed by atoms with Crippen LogP contribution in [0.4, 0.5) is 5.69 Å². The van der Waals surface area contributed by atoms with Crippen molar-refractivity contribution < 1.29 is 18.0 Å². The number of anilines is 1. The first kappa shape index (κ1) is 27.4. The number of H-pyrrole nitrogens is 1. The van der Waals surface area contributed by atoms with E-state index < -0.39 is 21.7 Å². The molecule has 2 aliphatic rings. The van der Waals surface area contributed by atoms with E-state index in [-0.39, 0.29) is 36.6 Å². The van der Waals surface area contributed by atoms with Crippen LogP contribution in [0, 0.1) is 12.8 Å². The summed E-state index contributed by atoms with van der Waals surface area (Å²) in [5.74, 6) is 0.00686. The molecular formula is C26H34N6O5S. The van der Waals surface area contributed by atoms with E-state index in [4.69, 9.17) is 0 Å². The second kappa shape index (κ2) is 11.4. The lowest BCUT2D eigenvalue weighted by Gasteiger charge is -2.33. The molecule has 1 aliphatic heterocycles. The number of nitrogens with one attached hydrogen (secondary N) is 4. The summed E-state index contributed by atoms with van der Waals surface area (Å²) in [5.41, 5.74) is 1.31. The van der Waals surface area contributed by atoms with Crippen molar-refractivity contribution in [2.24, 2.45) is 5.92 Å². The maximum atomic E-state index is 13.2. The van der Waals surface area contributed by atoms with Crippen LogP contribution in [0.5, 0.6) is 0 Å². The first-order valence-electron chi connectivity index (χ1n) is 12.5. The number of pyridine rings is 1. The molecule has 2 atom stereocenters. The van der Waals surface area contributed by atoms with E-state index in [0.29, 0.717) is 41.4 Å². The quantitative estimate of drug-likeness (QED) is 0.297. The number of hydrogen-bond donors (Lipinski definition) is 4. The highest BCUT2D eigenvalue weighted by Gasteiger charge is 2.43. The van der Waals surface area contributed by atoms with Crippen LogP contribution >= 0.6 is 0 Å². The fourth-order valence-corrected chi connectivity index (χ4v) is 5.91. The lowest BCUT2D eigenvalue weighted by molar-refractivity contribution is -0.123. The number of nitrogens with zero attached hydrogens (tertiary/aromatic N) is 2. The largest absolute Gasteiger partial charge is 0.355 e. The SMILES string of the molecule is C=C1C(C)N(CC(=O)NCC2CC2)C(c2cc(C)[nH]c(=O)c2NS(=O)(=O)Cc2ccccc2)N1CNC=O. The van der Waals surface area contributed by atoms with Crippen molar-refractivity contribution in [3.63, 3.8) is 0 Å². The average molecular weight is 543 g/mol. The molecular weight excluding hydrogens is 508 g/mol. The van der Waals surface area contributed by atoms with Crippen LogP contribution in [0.1, 0.15) is 42.8 Å². The van der Waals surface area contributed by atoms with E-state index >= 15 is 0 Å². The minimum absolute atomic E-state index is 0.00276. The summed E-state index contributed by atoms with van der Waals surface area (Å²) in [6.45, 7) is 8.40. The van der Waals surface area contributed by atoms with Crippen LogP contribution in [0.25, 0.3) is 0 Å². The van der Waals surface area contributed by atoms with Crippen LogP contribution in [-0.2, 0) is 25.4 Å². The fraction of sp³-hybridized carbons (Fsp3) is 0.423. The molecule has 0 bridgehead atoms. The smallest absolute Gasteiger partial charge is 0.272 e. The molecule has 12 heteroatoms. The normalized spacial score (nSPS) is 19.8. The van der Waals surface area contributed by atoms with Gasteiger partial charge in [-0.25, -0.2) is 8.42 Å². The number of carbonyl (C=O) groups excluding carboxylic acids is 2. The van der Waals surface area contributed by atoms with Crippen molar-refractivity contribution in [1.82, 2.24) is 25.4 Å². The van der Waals surface area contributed by atoms with Crippen LogP contribution in [0.3, 0.4) is 0 Å². The molecule has 4 N–H and O–H groups in total. The summed E-state index contributed by atoms with van der Waals surface area (Å²) in [7, 11) is -3.97. The molecule has 0 spiro atoms. The summed E-state index contributed by atoms with van der Waals surface area (Å²) in [4.78, 5) is 43.5. The maximum absolute atomic E-state index is 13.2. The van der Waals surface area contributed by atoms with Crippen molar-refractivity contribution in [3.05, 3.63) is 75.8 Å². The van der Waals surface area contributed by atoms with Gasteiger partial charge in [0.15, 0.2) is 0 Å². The van der Waals surface area contributed by atoms with Gasteiger partial charge >= 0.3 is 0 Å². The van der Waals surface area contributed by atoms with Gasteiger partial charge in [-0.2, -0.15) is 0 Å². The van der Waals surface area contributed by atoms with Crippen molar-refractivity contribution in [3.8, 4) is 0 Å². The van der Waals surface area contributed by atoms with Gasteiger partial charge in [0, 0.05) is 29.5 Å². The highest BCUT2D eigenvalue weighted by atomic mass is 32.2. The number of sulfonamides is 1. The predicted octanol–water partition coefficient (Wildman–Crippen LogP) is 1.37. The maximum Gasteiger partial charge on any atom is 0.272 e. The first-order valence-corrected chi connectivity index (χ1v) is 14.2. The van der Waals surface area contributed by atoms with Gasteiger partial charge in [0.2, 0.25) is 22.3 Å². The molecule has 2 heterocycles. The number of rotatable bonds is 12. The molecule has 2 fully saturated rings. The zero-order chi connectivity index (χ0) is 27.4. The third-order valence-corrected chi connectivity index (χ3v) is 8.08. The van der Waals surface area contributed by atoms with Crippen LogP contribution in [-0.4, -0.2) is 61.3 Å². The van der Waals surface area contributed by atoms with Gasteiger partial charge in [-0.3, -0.25) is 24.0 Å². The summed E-state index contributed by atoms with van der Waals surface area (Å²) in [6.07, 6.45) is 2.01. The Kier molecular flexibility index (Phi) is 8.22. The molecule has 2 unspecified atom stereocenters. The molecule has 1 aliphatic carbocycles. The fourth-order valence-electron chi connectivity index (χ4n) is 4.68. The van der Waals surface area contributed by atoms with Gasteiger partial charge in [0.05, 0.1) is 19.0 Å². The monoisotopic (exact) mass is 542 g/mol. The summed E-state index contributed by atoms with van der Waals surface area (Å²) < 4.78 is 28.8. The molecule has 204 valence electrons. The van der Waals surface area contributed by atoms with Crippen LogP contribution in [0.2, 0.25) is 0 Å². The number of benzene rings is 1. The second-order valence-corrected chi connectivity index (χ2v) is 11.6. The Labute approximate surface area is 222 Å². The van der Waals surface area contributed by atoms with E-state index in [1.165, 1.54) is 0 Å². The van der Waals surface area contributed by atoms with E-state index in [1.54, 1.807) is 48.2 Å². The molecule has 1 aromatic heterocycles. The highest BCUT2D eigenvalue weighted by Crippen LogP contribution is 2.40. The van der Waals surface area contributed by atoms with Crippen LogP contribution < -0.4 is 20.9 Å². The van der Waals surface area contributed by atoms with Crippen molar-refractivity contribution in [2.45, 2.75) is 44.6 Å². The zero-order valence-corrected chi connectivity index (χ0v) is 22.4. The topological polar surface area (TPSA) is 144 Å². The molecule has 0 radical (unpaired) electrons. The van der Waals surface area contributed by atoms with E-state index in [0.717, 1.165) is 12.8 Å². The molecule has 1 aromatic carbocycles. The highest BCUT2D eigenvalue weighted by molar-refractivity contribution is 7.91. The molecule has 1 saturated heterocycles. The summed E-state index contributed by atoms with van der Waals surface area (Å²) >= 11 is 0. The van der Waals surface area contributed by atoms with Gasteiger partial charge in [0.1, 0.15) is 11.9 Å². The second-order valence-electron chi connectivity index (χ2n) is 9.87. The summed E-state index contributed by atoms with van der Waals surface area (Å²) in [6, 6.07) is 10.0. The Morgan fingerprint density at radius 3 is 2.61 bits per heavy atom. The third-order valence-electron chi connectivity index (χ3n) is 6.85. The molecule has 38 heavy (non-hydrogen) atoms.